The Morgan fingerprint density at radius 1 is 1.00 bits per heavy atom. The van der Waals surface area contributed by atoms with Crippen LogP contribution in [-0.4, -0.2) is 15.3 Å². The number of carbonyl (C=O) groups is 1. The van der Waals surface area contributed by atoms with Crippen molar-refractivity contribution < 1.29 is 4.79 Å². The quantitative estimate of drug-likeness (QED) is 0.500. The van der Waals surface area contributed by atoms with Crippen molar-refractivity contribution in [1.29, 1.82) is 0 Å². The molecule has 4 nitrogen and oxygen atoms in total. The number of anilines is 1. The van der Waals surface area contributed by atoms with Crippen LogP contribution in [0.5, 0.6) is 0 Å². The topological polar surface area (TPSA) is 46.4 Å². The number of imidazole rings is 1. The fourth-order valence-electron chi connectivity index (χ4n) is 3.19. The van der Waals surface area contributed by atoms with Crippen molar-refractivity contribution in [2.24, 2.45) is 0 Å². The molecule has 2 heterocycles. The Balaban J connectivity index is 1.75. The normalized spacial score (nSPS) is 11.2. The van der Waals surface area contributed by atoms with Crippen LogP contribution in [0, 0.1) is 13.8 Å². The van der Waals surface area contributed by atoms with Gasteiger partial charge in [0.05, 0.1) is 0 Å². The second-order valence-electron chi connectivity index (χ2n) is 6.79. The first-order valence-electron chi connectivity index (χ1n) is 9.20. The zero-order valence-corrected chi connectivity index (χ0v) is 15.9. The molecule has 2 aromatic carbocycles. The van der Waals surface area contributed by atoms with Crippen LogP contribution in [0.2, 0.25) is 0 Å². The van der Waals surface area contributed by atoms with Gasteiger partial charge in [-0.1, -0.05) is 54.6 Å². The molecular weight excluding hydrogens is 346 g/mol. The van der Waals surface area contributed by atoms with Gasteiger partial charge in [0, 0.05) is 17.8 Å². The maximum absolute atomic E-state index is 12.6. The molecule has 1 N–H and O–H groups in total. The van der Waals surface area contributed by atoms with Crippen molar-refractivity contribution in [2.45, 2.75) is 13.8 Å². The number of pyridine rings is 1. The van der Waals surface area contributed by atoms with E-state index in [2.05, 4.69) is 5.32 Å². The second kappa shape index (κ2) is 7.53. The fourth-order valence-corrected chi connectivity index (χ4v) is 3.19. The molecule has 4 heteroatoms. The predicted octanol–water partition coefficient (Wildman–Crippen LogP) is 5.27. The lowest BCUT2D eigenvalue weighted by molar-refractivity contribution is -0.111. The number of nitrogens with zero attached hydrogens (tertiary/aromatic N) is 2. The standard InChI is InChI=1S/C24H21N3O/c1-17-14-15-27-21(16-17)25-23(20-11-7-6-8-18(20)2)24(27)26-22(28)13-12-19-9-4-3-5-10-19/h3-16H,1-2H3,(H,26,28)/b13-12+. The molecule has 1 amide bonds. The number of hydrogen-bond acceptors (Lipinski definition) is 2. The van der Waals surface area contributed by atoms with Crippen LogP contribution in [0.15, 0.2) is 79.0 Å². The van der Waals surface area contributed by atoms with Gasteiger partial charge in [0.15, 0.2) is 0 Å². The van der Waals surface area contributed by atoms with Crippen LogP contribution < -0.4 is 5.32 Å². The summed E-state index contributed by atoms with van der Waals surface area (Å²) in [5, 5.41) is 3.02. The summed E-state index contributed by atoms with van der Waals surface area (Å²) in [4.78, 5) is 17.4. The Labute approximate surface area is 164 Å². The van der Waals surface area contributed by atoms with Crippen molar-refractivity contribution >= 4 is 23.4 Å². The molecule has 0 aliphatic carbocycles. The van der Waals surface area contributed by atoms with Crippen LogP contribution in [0.1, 0.15) is 16.7 Å². The van der Waals surface area contributed by atoms with Gasteiger partial charge in [-0.25, -0.2) is 4.98 Å². The second-order valence-corrected chi connectivity index (χ2v) is 6.79. The first-order valence-corrected chi connectivity index (χ1v) is 9.20. The lowest BCUT2D eigenvalue weighted by Crippen LogP contribution is -2.10. The van der Waals surface area contributed by atoms with Gasteiger partial charge in [-0.2, -0.15) is 0 Å². The minimum atomic E-state index is -0.193. The number of carbonyl (C=O) groups excluding carboxylic acids is 1. The average molecular weight is 367 g/mol. The minimum Gasteiger partial charge on any atom is -0.306 e. The van der Waals surface area contributed by atoms with Crippen LogP contribution in [0.4, 0.5) is 5.82 Å². The lowest BCUT2D eigenvalue weighted by Gasteiger charge is -2.08. The van der Waals surface area contributed by atoms with E-state index in [1.165, 1.54) is 0 Å². The number of amides is 1. The Morgan fingerprint density at radius 3 is 2.54 bits per heavy atom. The summed E-state index contributed by atoms with van der Waals surface area (Å²) < 4.78 is 1.92. The van der Waals surface area contributed by atoms with Crippen molar-refractivity contribution in [3.05, 3.63) is 95.7 Å². The largest absolute Gasteiger partial charge is 0.306 e. The van der Waals surface area contributed by atoms with Crippen LogP contribution >= 0.6 is 0 Å². The Morgan fingerprint density at radius 2 is 1.75 bits per heavy atom. The molecule has 0 bridgehead atoms. The zero-order valence-electron chi connectivity index (χ0n) is 15.9. The molecular formula is C24H21N3O. The van der Waals surface area contributed by atoms with E-state index in [0.29, 0.717) is 5.82 Å². The average Bonchev–Trinajstić information content (AvgIpc) is 3.04. The van der Waals surface area contributed by atoms with E-state index in [1.807, 2.05) is 91.2 Å². The van der Waals surface area contributed by atoms with Crippen molar-refractivity contribution in [3.63, 3.8) is 0 Å². The smallest absolute Gasteiger partial charge is 0.249 e. The summed E-state index contributed by atoms with van der Waals surface area (Å²) in [7, 11) is 0. The van der Waals surface area contributed by atoms with Crippen LogP contribution in [-0.2, 0) is 4.79 Å². The predicted molar refractivity (Wildman–Crippen MR) is 114 cm³/mol. The van der Waals surface area contributed by atoms with Gasteiger partial charge in [0.2, 0.25) is 5.91 Å². The molecule has 0 aliphatic heterocycles. The highest BCUT2D eigenvalue weighted by Crippen LogP contribution is 2.31. The minimum absolute atomic E-state index is 0.193. The summed E-state index contributed by atoms with van der Waals surface area (Å²) in [6.45, 7) is 4.08. The summed E-state index contributed by atoms with van der Waals surface area (Å²) in [6.07, 6.45) is 5.29. The first kappa shape index (κ1) is 17.7. The molecule has 0 fully saturated rings. The third kappa shape index (κ3) is 3.58. The molecule has 0 unspecified atom stereocenters. The van der Waals surface area contributed by atoms with Crippen molar-refractivity contribution in [2.75, 3.05) is 5.32 Å². The molecule has 28 heavy (non-hydrogen) atoms. The highest BCUT2D eigenvalue weighted by molar-refractivity contribution is 6.03. The van der Waals surface area contributed by atoms with Crippen LogP contribution in [0.3, 0.4) is 0 Å². The molecule has 0 spiro atoms. The van der Waals surface area contributed by atoms with E-state index in [1.54, 1.807) is 12.2 Å². The number of hydrogen-bond donors (Lipinski definition) is 1. The molecule has 2 aromatic heterocycles. The number of benzene rings is 2. The van der Waals surface area contributed by atoms with E-state index >= 15 is 0 Å². The molecule has 0 aliphatic rings. The van der Waals surface area contributed by atoms with E-state index < -0.39 is 0 Å². The van der Waals surface area contributed by atoms with E-state index in [4.69, 9.17) is 4.98 Å². The summed E-state index contributed by atoms with van der Waals surface area (Å²) in [5.41, 5.74) is 5.79. The Kier molecular flexibility index (Phi) is 4.77. The molecule has 4 aromatic rings. The van der Waals surface area contributed by atoms with Gasteiger partial charge in [-0.15, -0.1) is 0 Å². The van der Waals surface area contributed by atoms with Gasteiger partial charge >= 0.3 is 0 Å². The van der Waals surface area contributed by atoms with Gasteiger partial charge < -0.3 is 5.32 Å². The highest BCUT2D eigenvalue weighted by Gasteiger charge is 2.17. The van der Waals surface area contributed by atoms with Gasteiger partial charge in [-0.3, -0.25) is 9.20 Å². The summed E-state index contributed by atoms with van der Waals surface area (Å²) in [5.74, 6) is 0.480. The summed E-state index contributed by atoms with van der Waals surface area (Å²) in [6, 6.07) is 21.8. The molecule has 0 radical (unpaired) electrons. The number of rotatable bonds is 4. The number of aryl methyl sites for hydroxylation is 2. The molecule has 0 saturated heterocycles. The number of aromatic nitrogens is 2. The Hall–Kier alpha value is -3.66. The molecule has 4 rings (SSSR count). The lowest BCUT2D eigenvalue weighted by atomic mass is 10.1. The van der Waals surface area contributed by atoms with Crippen molar-refractivity contribution in [1.82, 2.24) is 9.38 Å². The van der Waals surface area contributed by atoms with E-state index in [0.717, 1.165) is 33.6 Å². The summed E-state index contributed by atoms with van der Waals surface area (Å²) >= 11 is 0. The molecule has 0 atom stereocenters. The monoisotopic (exact) mass is 367 g/mol. The van der Waals surface area contributed by atoms with E-state index in [-0.39, 0.29) is 5.91 Å². The SMILES string of the molecule is Cc1ccn2c(NC(=O)/C=C/c3ccccc3)c(-c3ccccc3C)nc2c1. The third-order valence-electron chi connectivity index (χ3n) is 4.65. The zero-order chi connectivity index (χ0) is 19.5. The molecule has 0 saturated carbocycles. The maximum atomic E-state index is 12.6. The number of fused-ring (bicyclic) bond motifs is 1. The third-order valence-corrected chi connectivity index (χ3v) is 4.65. The van der Waals surface area contributed by atoms with Gasteiger partial charge in [0.25, 0.3) is 0 Å². The maximum Gasteiger partial charge on any atom is 0.249 e. The highest BCUT2D eigenvalue weighted by atomic mass is 16.1. The Bertz CT molecular complexity index is 1170. The van der Waals surface area contributed by atoms with Gasteiger partial charge in [-0.05, 0) is 48.7 Å². The molecule has 138 valence electrons. The first-order chi connectivity index (χ1) is 13.6. The van der Waals surface area contributed by atoms with E-state index in [9.17, 15) is 4.79 Å². The number of nitrogens with one attached hydrogen (secondary N) is 1. The van der Waals surface area contributed by atoms with Crippen LogP contribution in [0.25, 0.3) is 23.0 Å². The van der Waals surface area contributed by atoms with Gasteiger partial charge in [0.1, 0.15) is 17.2 Å². The fraction of sp³-hybridized carbons (Fsp3) is 0.0833. The van der Waals surface area contributed by atoms with Crippen molar-refractivity contribution in [3.8, 4) is 11.3 Å².